The number of rotatable bonds is 1. The number of hydrogen-bond acceptors (Lipinski definition) is 2. The molecule has 0 aliphatic carbocycles. The van der Waals surface area contributed by atoms with Gasteiger partial charge in [-0.1, -0.05) is 12.1 Å². The van der Waals surface area contributed by atoms with E-state index in [0.717, 1.165) is 5.88 Å². The Morgan fingerprint density at radius 1 is 1.18 bits per heavy atom. The molecule has 0 N–H and O–H groups in total. The van der Waals surface area contributed by atoms with Crippen molar-refractivity contribution in [2.45, 2.75) is 14.4 Å². The van der Waals surface area contributed by atoms with Crippen molar-refractivity contribution < 1.29 is 0 Å². The topological polar surface area (TPSA) is 0 Å². The first-order valence-electron chi connectivity index (χ1n) is 3.38. The molecule has 0 atom stereocenters. The Morgan fingerprint density at radius 2 is 1.73 bits per heavy atom. The highest BCUT2D eigenvalue weighted by atomic mass is 35.5. The quantitative estimate of drug-likeness (QED) is 0.640. The maximum Gasteiger partial charge on any atom is 0.0732 e. The van der Waals surface area contributed by atoms with E-state index in [9.17, 15) is 0 Å². The molecule has 0 spiro atoms. The summed E-state index contributed by atoms with van der Waals surface area (Å²) in [4.78, 5) is 2.76. The molecular weight excluding hydrogens is 196 g/mol. The summed E-state index contributed by atoms with van der Waals surface area (Å²) in [5.41, 5.74) is 0. The van der Waals surface area contributed by atoms with Crippen molar-refractivity contribution in [3.8, 4) is 0 Å². The van der Waals surface area contributed by atoms with E-state index >= 15 is 0 Å². The maximum absolute atomic E-state index is 5.76. The largest absolute Gasteiger partial charge is 0.125 e. The summed E-state index contributed by atoms with van der Waals surface area (Å²) in [6, 6.07) is 8.45. The highest BCUT2D eigenvalue weighted by molar-refractivity contribution is 8.19. The fourth-order valence-corrected chi connectivity index (χ4v) is 3.87. The molecule has 1 aromatic rings. The third-order valence-corrected chi connectivity index (χ3v) is 4.95. The molecule has 0 radical (unpaired) electrons. The van der Waals surface area contributed by atoms with Crippen molar-refractivity contribution in [2.75, 3.05) is 5.88 Å². The van der Waals surface area contributed by atoms with Gasteiger partial charge in [-0.3, -0.25) is 0 Å². The van der Waals surface area contributed by atoms with Crippen LogP contribution in [-0.2, 0) is 0 Å². The minimum atomic E-state index is 0.522. The number of fused-ring (bicyclic) bond motifs is 1. The third-order valence-electron chi connectivity index (χ3n) is 1.49. The minimum absolute atomic E-state index is 0.522. The second-order valence-corrected chi connectivity index (χ2v) is 5.36. The normalized spacial score (nSPS) is 16.8. The van der Waals surface area contributed by atoms with Crippen molar-refractivity contribution >= 4 is 35.1 Å². The van der Waals surface area contributed by atoms with Crippen LogP contribution in [0.25, 0.3) is 0 Å². The number of alkyl halides is 1. The Hall–Kier alpha value is 0.210. The van der Waals surface area contributed by atoms with Gasteiger partial charge < -0.3 is 0 Å². The summed E-state index contributed by atoms with van der Waals surface area (Å²) in [6.45, 7) is 0. The van der Waals surface area contributed by atoms with Crippen LogP contribution in [0.5, 0.6) is 0 Å². The molecule has 3 heteroatoms. The Balaban J connectivity index is 2.27. The molecule has 1 aromatic carbocycles. The van der Waals surface area contributed by atoms with E-state index in [-0.39, 0.29) is 0 Å². The number of thioether (sulfide) groups is 2. The Kier molecular flexibility index (Phi) is 2.35. The number of benzene rings is 1. The molecule has 0 fully saturated rings. The smallest absolute Gasteiger partial charge is 0.0732 e. The Morgan fingerprint density at radius 3 is 2.18 bits per heavy atom. The lowest BCUT2D eigenvalue weighted by Gasteiger charge is -1.98. The highest BCUT2D eigenvalue weighted by Gasteiger charge is 2.20. The standard InChI is InChI=1S/C8H7ClS2/c9-5-8-10-6-3-1-2-4-7(6)11-8/h1-4,8H,5H2. The molecule has 0 unspecified atom stereocenters. The van der Waals surface area contributed by atoms with Crippen molar-refractivity contribution in [3.05, 3.63) is 24.3 Å². The molecule has 11 heavy (non-hydrogen) atoms. The molecule has 0 aromatic heterocycles. The van der Waals surface area contributed by atoms with Gasteiger partial charge in [-0.15, -0.1) is 35.1 Å². The van der Waals surface area contributed by atoms with Crippen LogP contribution < -0.4 is 0 Å². The van der Waals surface area contributed by atoms with Crippen molar-refractivity contribution in [1.29, 1.82) is 0 Å². The molecule has 58 valence electrons. The van der Waals surface area contributed by atoms with Crippen LogP contribution in [0, 0.1) is 0 Å². The van der Waals surface area contributed by atoms with Crippen LogP contribution in [0.3, 0.4) is 0 Å². The lowest BCUT2D eigenvalue weighted by molar-refractivity contribution is 1.27. The van der Waals surface area contributed by atoms with Gasteiger partial charge in [0.05, 0.1) is 4.58 Å². The molecule has 0 nitrogen and oxygen atoms in total. The van der Waals surface area contributed by atoms with Gasteiger partial charge in [0.2, 0.25) is 0 Å². The zero-order chi connectivity index (χ0) is 7.68. The Labute approximate surface area is 79.7 Å². The molecule has 1 aliphatic heterocycles. The van der Waals surface area contributed by atoms with Crippen LogP contribution in [0.15, 0.2) is 34.1 Å². The van der Waals surface area contributed by atoms with Crippen molar-refractivity contribution in [3.63, 3.8) is 0 Å². The van der Waals surface area contributed by atoms with E-state index in [1.165, 1.54) is 9.79 Å². The first-order valence-corrected chi connectivity index (χ1v) is 5.68. The van der Waals surface area contributed by atoms with Crippen LogP contribution in [0.4, 0.5) is 0 Å². The van der Waals surface area contributed by atoms with Gasteiger partial charge >= 0.3 is 0 Å². The zero-order valence-electron chi connectivity index (χ0n) is 5.79. The fraction of sp³-hybridized carbons (Fsp3) is 0.250. The first kappa shape index (κ1) is 7.84. The van der Waals surface area contributed by atoms with E-state index in [1.54, 1.807) is 0 Å². The van der Waals surface area contributed by atoms with Gasteiger partial charge in [0.15, 0.2) is 0 Å². The average molecular weight is 203 g/mol. The van der Waals surface area contributed by atoms with Gasteiger partial charge in [-0.2, -0.15) is 0 Å². The molecule has 0 amide bonds. The molecule has 0 bridgehead atoms. The summed E-state index contributed by atoms with van der Waals surface area (Å²) in [5, 5.41) is 0. The highest BCUT2D eigenvalue weighted by Crippen LogP contribution is 2.47. The minimum Gasteiger partial charge on any atom is -0.125 e. The zero-order valence-corrected chi connectivity index (χ0v) is 8.18. The van der Waals surface area contributed by atoms with Crippen LogP contribution in [0.1, 0.15) is 0 Å². The summed E-state index contributed by atoms with van der Waals surface area (Å²) in [6.07, 6.45) is 0. The lowest BCUT2D eigenvalue weighted by atomic mass is 10.4. The molecular formula is C8H7ClS2. The Bertz CT molecular complexity index is 237. The predicted octanol–water partition coefficient (Wildman–Crippen LogP) is 3.45. The van der Waals surface area contributed by atoms with E-state index in [4.69, 9.17) is 11.6 Å². The molecule has 1 heterocycles. The molecule has 0 saturated carbocycles. The fourth-order valence-electron chi connectivity index (χ4n) is 1.02. The first-order chi connectivity index (χ1) is 5.40. The van der Waals surface area contributed by atoms with E-state index in [2.05, 4.69) is 24.3 Å². The monoisotopic (exact) mass is 202 g/mol. The van der Waals surface area contributed by atoms with Gasteiger partial charge in [0.1, 0.15) is 0 Å². The van der Waals surface area contributed by atoms with Crippen molar-refractivity contribution in [2.24, 2.45) is 0 Å². The van der Waals surface area contributed by atoms with Gasteiger partial charge in [-0.25, -0.2) is 0 Å². The molecule has 2 rings (SSSR count). The summed E-state index contributed by atoms with van der Waals surface area (Å²) in [5.74, 6) is 0.726. The van der Waals surface area contributed by atoms with Crippen molar-refractivity contribution in [1.82, 2.24) is 0 Å². The van der Waals surface area contributed by atoms with Crippen LogP contribution in [-0.4, -0.2) is 10.5 Å². The summed E-state index contributed by atoms with van der Waals surface area (Å²) < 4.78 is 0.522. The summed E-state index contributed by atoms with van der Waals surface area (Å²) in [7, 11) is 0. The number of halogens is 1. The van der Waals surface area contributed by atoms with Gasteiger partial charge in [-0.05, 0) is 12.1 Å². The predicted molar refractivity (Wildman–Crippen MR) is 52.7 cm³/mol. The van der Waals surface area contributed by atoms with E-state index in [1.807, 2.05) is 23.5 Å². The maximum atomic E-state index is 5.76. The average Bonchev–Trinajstić information content (AvgIpc) is 2.46. The summed E-state index contributed by atoms with van der Waals surface area (Å²) >= 11 is 9.49. The van der Waals surface area contributed by atoms with Crippen LogP contribution in [0.2, 0.25) is 0 Å². The molecule has 0 saturated heterocycles. The van der Waals surface area contributed by atoms with Gasteiger partial charge in [0, 0.05) is 15.7 Å². The third kappa shape index (κ3) is 1.53. The van der Waals surface area contributed by atoms with E-state index in [0.29, 0.717) is 4.58 Å². The SMILES string of the molecule is ClCC1Sc2ccccc2S1. The molecule has 1 aliphatic rings. The second kappa shape index (κ2) is 3.30. The van der Waals surface area contributed by atoms with Gasteiger partial charge in [0.25, 0.3) is 0 Å². The number of hydrogen-bond donors (Lipinski definition) is 0. The van der Waals surface area contributed by atoms with E-state index < -0.39 is 0 Å². The van der Waals surface area contributed by atoms with Crippen LogP contribution >= 0.6 is 35.1 Å². The lowest BCUT2D eigenvalue weighted by Crippen LogP contribution is -1.90. The second-order valence-electron chi connectivity index (χ2n) is 2.27.